The zero-order valence-corrected chi connectivity index (χ0v) is 16.3. The third-order valence-electron chi connectivity index (χ3n) is 4.16. The van der Waals surface area contributed by atoms with Gasteiger partial charge in [0.2, 0.25) is 5.91 Å². The van der Waals surface area contributed by atoms with E-state index in [1.807, 2.05) is 49.4 Å². The van der Waals surface area contributed by atoms with E-state index in [-0.39, 0.29) is 11.4 Å². The highest BCUT2D eigenvalue weighted by molar-refractivity contribution is 7.92. The third kappa shape index (κ3) is 4.75. The second kappa shape index (κ2) is 8.67. The number of hydrogen-bond donors (Lipinski definition) is 1. The maximum atomic E-state index is 13.1. The van der Waals surface area contributed by atoms with Gasteiger partial charge in [-0.2, -0.15) is 0 Å². The van der Waals surface area contributed by atoms with Crippen LogP contribution >= 0.6 is 0 Å². The molecule has 0 fully saturated rings. The van der Waals surface area contributed by atoms with E-state index in [2.05, 4.69) is 10.3 Å². The van der Waals surface area contributed by atoms with E-state index >= 15 is 0 Å². The van der Waals surface area contributed by atoms with Crippen LogP contribution in [0.3, 0.4) is 0 Å². The van der Waals surface area contributed by atoms with Crippen molar-refractivity contribution in [3.05, 3.63) is 90.3 Å². The average molecular weight is 395 g/mol. The molecule has 1 heterocycles. The molecular formula is C21H21N3O3S. The number of aryl methyl sites for hydroxylation is 1. The maximum absolute atomic E-state index is 13.1. The van der Waals surface area contributed by atoms with Crippen molar-refractivity contribution in [2.45, 2.75) is 18.4 Å². The third-order valence-corrected chi connectivity index (χ3v) is 5.92. The fourth-order valence-electron chi connectivity index (χ4n) is 2.64. The highest BCUT2D eigenvalue weighted by atomic mass is 32.2. The van der Waals surface area contributed by atoms with Crippen LogP contribution in [0.2, 0.25) is 0 Å². The lowest BCUT2D eigenvalue weighted by Gasteiger charge is -2.24. The number of aromatic nitrogens is 1. The summed E-state index contributed by atoms with van der Waals surface area (Å²) in [4.78, 5) is 16.4. The number of nitrogens with zero attached hydrogens (tertiary/aromatic N) is 2. The summed E-state index contributed by atoms with van der Waals surface area (Å²) in [6.07, 6.45) is 2.78. The van der Waals surface area contributed by atoms with Gasteiger partial charge in [-0.25, -0.2) is 8.42 Å². The van der Waals surface area contributed by atoms with E-state index in [4.69, 9.17) is 0 Å². The van der Waals surface area contributed by atoms with E-state index in [1.165, 1.54) is 18.5 Å². The van der Waals surface area contributed by atoms with Gasteiger partial charge in [-0.05, 0) is 36.8 Å². The summed E-state index contributed by atoms with van der Waals surface area (Å²) < 4.78 is 27.4. The molecule has 0 unspecified atom stereocenters. The Hall–Kier alpha value is -3.19. The molecular weight excluding hydrogens is 374 g/mol. The first-order valence-corrected chi connectivity index (χ1v) is 10.2. The molecule has 0 saturated carbocycles. The van der Waals surface area contributed by atoms with E-state index in [1.54, 1.807) is 18.2 Å². The van der Waals surface area contributed by atoms with Crippen molar-refractivity contribution in [1.29, 1.82) is 0 Å². The van der Waals surface area contributed by atoms with Crippen LogP contribution in [0.1, 0.15) is 11.1 Å². The second-order valence-electron chi connectivity index (χ2n) is 6.30. The molecule has 1 aromatic heterocycles. The number of rotatable bonds is 7. The molecule has 0 aliphatic rings. The first kappa shape index (κ1) is 19.6. The van der Waals surface area contributed by atoms with Gasteiger partial charge < -0.3 is 5.32 Å². The Labute approximate surface area is 164 Å². The van der Waals surface area contributed by atoms with E-state index in [9.17, 15) is 13.2 Å². The topological polar surface area (TPSA) is 79.4 Å². The van der Waals surface area contributed by atoms with Gasteiger partial charge in [0.25, 0.3) is 10.0 Å². The van der Waals surface area contributed by atoms with Gasteiger partial charge >= 0.3 is 0 Å². The predicted molar refractivity (Wildman–Crippen MR) is 108 cm³/mol. The van der Waals surface area contributed by atoms with Crippen molar-refractivity contribution >= 4 is 21.6 Å². The van der Waals surface area contributed by atoms with E-state index in [0.717, 1.165) is 15.4 Å². The van der Waals surface area contributed by atoms with Crippen molar-refractivity contribution in [1.82, 2.24) is 10.3 Å². The molecule has 0 atom stereocenters. The molecule has 3 rings (SSSR count). The SMILES string of the molecule is Cc1ccc(N(CC(=O)NCc2ccccc2)S(=O)(=O)c2cccnc2)cc1. The first-order chi connectivity index (χ1) is 13.5. The first-order valence-electron chi connectivity index (χ1n) is 8.77. The Morgan fingerprint density at radius 3 is 2.36 bits per heavy atom. The number of nitrogens with one attached hydrogen (secondary N) is 1. The minimum absolute atomic E-state index is 0.0337. The van der Waals surface area contributed by atoms with Crippen LogP contribution in [0.5, 0.6) is 0 Å². The largest absolute Gasteiger partial charge is 0.350 e. The summed E-state index contributed by atoms with van der Waals surface area (Å²) in [7, 11) is -3.93. The molecule has 144 valence electrons. The predicted octanol–water partition coefficient (Wildman–Crippen LogP) is 2.90. The van der Waals surface area contributed by atoms with Gasteiger partial charge in [0.15, 0.2) is 0 Å². The minimum atomic E-state index is -3.93. The highest BCUT2D eigenvalue weighted by Gasteiger charge is 2.27. The molecule has 1 amide bonds. The summed E-state index contributed by atoms with van der Waals surface area (Å²) in [5.41, 5.74) is 2.35. The second-order valence-corrected chi connectivity index (χ2v) is 8.16. The van der Waals surface area contributed by atoms with Crippen LogP contribution in [-0.4, -0.2) is 25.9 Å². The standard InChI is InChI=1S/C21H21N3O3S/c1-17-9-11-19(12-10-17)24(28(26,27)20-8-5-13-22-15-20)16-21(25)23-14-18-6-3-2-4-7-18/h2-13,15H,14,16H2,1H3,(H,23,25). The van der Waals surface area contributed by atoms with Crippen LogP contribution in [0, 0.1) is 6.92 Å². The van der Waals surface area contributed by atoms with E-state index in [0.29, 0.717) is 12.2 Å². The molecule has 1 N–H and O–H groups in total. The minimum Gasteiger partial charge on any atom is -0.350 e. The highest BCUT2D eigenvalue weighted by Crippen LogP contribution is 2.23. The summed E-state index contributed by atoms with van der Waals surface area (Å²) in [5.74, 6) is -0.392. The molecule has 0 aliphatic carbocycles. The smallest absolute Gasteiger partial charge is 0.266 e. The summed E-state index contributed by atoms with van der Waals surface area (Å²) >= 11 is 0. The molecule has 0 radical (unpaired) electrons. The number of carbonyl (C=O) groups excluding carboxylic acids is 1. The van der Waals surface area contributed by atoms with Crippen LogP contribution in [0.25, 0.3) is 0 Å². The molecule has 6 nitrogen and oxygen atoms in total. The fraction of sp³-hybridized carbons (Fsp3) is 0.143. The average Bonchev–Trinajstić information content (AvgIpc) is 2.72. The van der Waals surface area contributed by atoms with Crippen LogP contribution < -0.4 is 9.62 Å². The molecule has 2 aromatic carbocycles. The van der Waals surface area contributed by atoms with Gasteiger partial charge in [-0.15, -0.1) is 0 Å². The Morgan fingerprint density at radius 2 is 1.71 bits per heavy atom. The number of amides is 1. The summed E-state index contributed by atoms with van der Waals surface area (Å²) in [6.45, 7) is 1.91. The van der Waals surface area contributed by atoms with Gasteiger partial charge in [0.1, 0.15) is 11.4 Å². The fourth-order valence-corrected chi connectivity index (χ4v) is 4.02. The Kier molecular flexibility index (Phi) is 6.06. The molecule has 3 aromatic rings. The summed E-state index contributed by atoms with van der Waals surface area (Å²) in [5, 5.41) is 2.77. The number of hydrogen-bond acceptors (Lipinski definition) is 4. The summed E-state index contributed by atoms with van der Waals surface area (Å²) in [6, 6.07) is 19.5. The molecule has 7 heteroatoms. The van der Waals surface area contributed by atoms with Gasteiger partial charge in [-0.3, -0.25) is 14.1 Å². The van der Waals surface area contributed by atoms with Crippen molar-refractivity contribution in [3.63, 3.8) is 0 Å². The number of pyridine rings is 1. The zero-order chi connectivity index (χ0) is 20.0. The lowest BCUT2D eigenvalue weighted by molar-refractivity contribution is -0.119. The number of anilines is 1. The lowest BCUT2D eigenvalue weighted by Crippen LogP contribution is -2.40. The van der Waals surface area contributed by atoms with E-state index < -0.39 is 15.9 Å². The Morgan fingerprint density at radius 1 is 1.00 bits per heavy atom. The number of carbonyl (C=O) groups is 1. The van der Waals surface area contributed by atoms with Gasteiger partial charge in [0, 0.05) is 18.9 Å². The zero-order valence-electron chi connectivity index (χ0n) is 15.4. The number of benzene rings is 2. The molecule has 0 spiro atoms. The van der Waals surface area contributed by atoms with Crippen molar-refractivity contribution in [3.8, 4) is 0 Å². The van der Waals surface area contributed by atoms with Crippen LogP contribution in [0.4, 0.5) is 5.69 Å². The van der Waals surface area contributed by atoms with Crippen molar-refractivity contribution in [2.75, 3.05) is 10.8 Å². The van der Waals surface area contributed by atoms with Crippen molar-refractivity contribution < 1.29 is 13.2 Å². The quantitative estimate of drug-likeness (QED) is 0.667. The van der Waals surface area contributed by atoms with Crippen molar-refractivity contribution in [2.24, 2.45) is 0 Å². The number of sulfonamides is 1. The Bertz CT molecular complexity index is 1020. The van der Waals surface area contributed by atoms with Gasteiger partial charge in [-0.1, -0.05) is 48.0 Å². The Balaban J connectivity index is 1.84. The van der Waals surface area contributed by atoms with Crippen LogP contribution in [0.15, 0.2) is 84.0 Å². The molecule has 28 heavy (non-hydrogen) atoms. The molecule has 0 bridgehead atoms. The lowest BCUT2D eigenvalue weighted by atomic mass is 10.2. The molecule has 0 aliphatic heterocycles. The monoisotopic (exact) mass is 395 g/mol. The van der Waals surface area contributed by atoms with Gasteiger partial charge in [0.05, 0.1) is 5.69 Å². The maximum Gasteiger partial charge on any atom is 0.266 e. The molecule has 0 saturated heterocycles. The van der Waals surface area contributed by atoms with Crippen LogP contribution in [-0.2, 0) is 21.4 Å². The normalized spacial score (nSPS) is 11.0.